The van der Waals surface area contributed by atoms with Crippen molar-refractivity contribution in [3.63, 3.8) is 0 Å². The van der Waals surface area contributed by atoms with Gasteiger partial charge in [-0.15, -0.1) is 0 Å². The molecule has 0 spiro atoms. The molecule has 2 aromatic rings. The molecule has 1 heterocycles. The number of esters is 2. The number of phenolic OH excluding ortho intramolecular Hbond substituents is 1. The Morgan fingerprint density at radius 2 is 1.93 bits per heavy atom. The van der Waals surface area contributed by atoms with E-state index in [2.05, 4.69) is 4.72 Å². The van der Waals surface area contributed by atoms with Crippen LogP contribution in [0.5, 0.6) is 5.75 Å². The number of hydrogen-bond acceptors (Lipinski definition) is 7. The minimum absolute atomic E-state index is 0.127. The highest BCUT2D eigenvalue weighted by Gasteiger charge is 2.31. The van der Waals surface area contributed by atoms with Crippen LogP contribution in [0.2, 0.25) is 5.02 Å². The molecule has 0 radical (unpaired) electrons. The number of hydrogen-bond donors (Lipinski definition) is 2. The molecule has 1 atom stereocenters. The Balaban J connectivity index is 1.84. The largest absolute Gasteiger partial charge is 0.507 e. The van der Waals surface area contributed by atoms with Gasteiger partial charge in [-0.2, -0.15) is 0 Å². The van der Waals surface area contributed by atoms with E-state index in [-0.39, 0.29) is 29.2 Å². The Bertz CT molecular complexity index is 989. The van der Waals surface area contributed by atoms with Gasteiger partial charge in [-0.3, -0.25) is 4.72 Å². The minimum atomic E-state index is -4.04. The van der Waals surface area contributed by atoms with E-state index in [0.717, 1.165) is 18.2 Å². The van der Waals surface area contributed by atoms with Crippen molar-refractivity contribution in [2.45, 2.75) is 17.4 Å². The van der Waals surface area contributed by atoms with Crippen LogP contribution < -0.4 is 4.72 Å². The van der Waals surface area contributed by atoms with E-state index in [1.165, 1.54) is 24.3 Å². The first-order valence-electron chi connectivity index (χ1n) is 7.75. The molecule has 2 aromatic carbocycles. The maximum absolute atomic E-state index is 12.5. The van der Waals surface area contributed by atoms with Crippen molar-refractivity contribution >= 4 is 39.3 Å². The fourth-order valence-corrected chi connectivity index (χ4v) is 3.57. The van der Waals surface area contributed by atoms with E-state index in [4.69, 9.17) is 21.1 Å². The predicted molar refractivity (Wildman–Crippen MR) is 95.1 cm³/mol. The molecule has 1 saturated heterocycles. The Morgan fingerprint density at radius 3 is 2.56 bits per heavy atom. The number of rotatable bonds is 5. The predicted octanol–water partition coefficient (Wildman–Crippen LogP) is 2.32. The molecule has 3 rings (SSSR count). The Morgan fingerprint density at radius 1 is 1.22 bits per heavy atom. The van der Waals surface area contributed by atoms with Gasteiger partial charge >= 0.3 is 11.9 Å². The van der Waals surface area contributed by atoms with Crippen LogP contribution in [0.25, 0.3) is 0 Å². The molecular formula is C17H14ClNO7S. The molecule has 0 bridgehead atoms. The zero-order valence-electron chi connectivity index (χ0n) is 13.7. The molecule has 1 unspecified atom stereocenters. The summed E-state index contributed by atoms with van der Waals surface area (Å²) in [6.07, 6.45) is -0.883. The van der Waals surface area contributed by atoms with Gasteiger partial charge in [0.25, 0.3) is 10.0 Å². The number of carbonyl (C=O) groups is 2. The highest BCUT2D eigenvalue weighted by atomic mass is 35.5. The van der Waals surface area contributed by atoms with Crippen molar-refractivity contribution < 1.29 is 32.6 Å². The van der Waals surface area contributed by atoms with Crippen molar-refractivity contribution in [2.75, 3.05) is 11.3 Å². The van der Waals surface area contributed by atoms with Gasteiger partial charge in [0.2, 0.25) is 6.10 Å². The van der Waals surface area contributed by atoms with E-state index in [1.54, 1.807) is 0 Å². The van der Waals surface area contributed by atoms with E-state index in [1.807, 2.05) is 0 Å². The van der Waals surface area contributed by atoms with Gasteiger partial charge in [-0.1, -0.05) is 11.6 Å². The molecule has 8 nitrogen and oxygen atoms in total. The molecule has 10 heteroatoms. The van der Waals surface area contributed by atoms with Crippen molar-refractivity contribution in [3.05, 3.63) is 53.1 Å². The van der Waals surface area contributed by atoms with Crippen LogP contribution in [-0.4, -0.2) is 38.2 Å². The number of phenols is 1. The van der Waals surface area contributed by atoms with E-state index in [9.17, 15) is 23.1 Å². The Labute approximate surface area is 159 Å². The second-order valence-electron chi connectivity index (χ2n) is 5.64. The summed E-state index contributed by atoms with van der Waals surface area (Å²) in [6, 6.07) is 9.13. The highest BCUT2D eigenvalue weighted by Crippen LogP contribution is 2.25. The quantitative estimate of drug-likeness (QED) is 0.724. The van der Waals surface area contributed by atoms with E-state index < -0.39 is 33.8 Å². The number of anilines is 1. The monoisotopic (exact) mass is 411 g/mol. The molecule has 27 heavy (non-hydrogen) atoms. The fraction of sp³-hybridized carbons (Fsp3) is 0.176. The third-order valence-electron chi connectivity index (χ3n) is 3.73. The van der Waals surface area contributed by atoms with Crippen LogP contribution in [0.4, 0.5) is 5.69 Å². The number of carbonyl (C=O) groups excluding carboxylic acids is 2. The zero-order valence-corrected chi connectivity index (χ0v) is 15.3. The molecule has 142 valence electrons. The third-order valence-corrected chi connectivity index (χ3v) is 5.36. The van der Waals surface area contributed by atoms with Crippen molar-refractivity contribution in [2.24, 2.45) is 0 Å². The Hall–Kier alpha value is -2.78. The fourth-order valence-electron chi connectivity index (χ4n) is 2.35. The summed E-state index contributed by atoms with van der Waals surface area (Å²) in [4.78, 5) is 23.4. The molecule has 0 aliphatic carbocycles. The lowest BCUT2D eigenvalue weighted by Gasteiger charge is -2.12. The summed E-state index contributed by atoms with van der Waals surface area (Å²) in [7, 11) is -4.04. The standard InChI is InChI=1S/C17H14ClNO7S/c18-10-1-3-11(4-2-10)19-27(23,24)12-5-6-14(20)13(9-12)16(21)26-15-7-8-25-17(15)22/h1-6,9,15,19-20H,7-8H2. The smallest absolute Gasteiger partial charge is 0.347 e. The maximum Gasteiger partial charge on any atom is 0.347 e. The number of benzene rings is 2. The molecule has 1 aliphatic heterocycles. The molecule has 0 aromatic heterocycles. The maximum atomic E-state index is 12.5. The SMILES string of the molecule is O=C(OC1CCOC1=O)c1cc(S(=O)(=O)Nc2ccc(Cl)cc2)ccc1O. The van der Waals surface area contributed by atoms with Crippen LogP contribution >= 0.6 is 11.6 Å². The average Bonchev–Trinajstić information content (AvgIpc) is 3.01. The average molecular weight is 412 g/mol. The van der Waals surface area contributed by atoms with Crippen molar-refractivity contribution in [1.82, 2.24) is 0 Å². The summed E-state index contributed by atoms with van der Waals surface area (Å²) >= 11 is 5.76. The Kier molecular flexibility index (Phi) is 5.24. The van der Waals surface area contributed by atoms with Crippen molar-refractivity contribution in [1.29, 1.82) is 0 Å². The topological polar surface area (TPSA) is 119 Å². The molecular weight excluding hydrogens is 398 g/mol. The molecule has 0 amide bonds. The highest BCUT2D eigenvalue weighted by molar-refractivity contribution is 7.92. The molecule has 1 fully saturated rings. The zero-order chi connectivity index (χ0) is 19.6. The van der Waals surface area contributed by atoms with Gasteiger partial charge in [-0.25, -0.2) is 18.0 Å². The van der Waals surface area contributed by atoms with Crippen LogP contribution in [0.1, 0.15) is 16.8 Å². The van der Waals surface area contributed by atoms with Crippen LogP contribution in [0.15, 0.2) is 47.4 Å². The molecule has 2 N–H and O–H groups in total. The molecule has 0 saturated carbocycles. The number of cyclic esters (lactones) is 1. The van der Waals surface area contributed by atoms with Crippen LogP contribution in [0, 0.1) is 0 Å². The lowest BCUT2D eigenvalue weighted by molar-refractivity contribution is -0.145. The summed E-state index contributed by atoms with van der Waals surface area (Å²) in [5.74, 6) is -2.19. The normalized spacial score (nSPS) is 16.6. The van der Waals surface area contributed by atoms with Crippen LogP contribution in [0.3, 0.4) is 0 Å². The number of aromatic hydroxyl groups is 1. The van der Waals surface area contributed by atoms with Gasteiger partial charge < -0.3 is 14.6 Å². The second kappa shape index (κ2) is 7.45. The van der Waals surface area contributed by atoms with Gasteiger partial charge in [0.05, 0.1) is 11.5 Å². The molecule has 1 aliphatic rings. The number of ether oxygens (including phenoxy) is 2. The first-order valence-corrected chi connectivity index (χ1v) is 9.61. The summed E-state index contributed by atoms with van der Waals surface area (Å²) in [6.45, 7) is 0.127. The first-order chi connectivity index (χ1) is 12.8. The summed E-state index contributed by atoms with van der Waals surface area (Å²) < 4.78 is 37.0. The lowest BCUT2D eigenvalue weighted by Crippen LogP contribution is -2.23. The van der Waals surface area contributed by atoms with Crippen LogP contribution in [-0.2, 0) is 24.3 Å². The van der Waals surface area contributed by atoms with Gasteiger partial charge in [0.1, 0.15) is 11.3 Å². The third kappa shape index (κ3) is 4.32. The lowest BCUT2D eigenvalue weighted by atomic mass is 10.2. The van der Waals surface area contributed by atoms with Gasteiger partial charge in [-0.05, 0) is 42.5 Å². The number of nitrogens with one attached hydrogen (secondary N) is 1. The summed E-state index contributed by atoms with van der Waals surface area (Å²) in [5, 5.41) is 10.3. The second-order valence-corrected chi connectivity index (χ2v) is 7.76. The first kappa shape index (κ1) is 19.0. The van der Waals surface area contributed by atoms with E-state index >= 15 is 0 Å². The van der Waals surface area contributed by atoms with Crippen molar-refractivity contribution in [3.8, 4) is 5.75 Å². The van der Waals surface area contributed by atoms with Gasteiger partial charge in [0.15, 0.2) is 0 Å². The number of sulfonamides is 1. The number of halogens is 1. The minimum Gasteiger partial charge on any atom is -0.507 e. The summed E-state index contributed by atoms with van der Waals surface area (Å²) in [5.41, 5.74) is -0.112. The van der Waals surface area contributed by atoms with E-state index in [0.29, 0.717) is 5.02 Å². The van der Waals surface area contributed by atoms with Gasteiger partial charge in [0, 0.05) is 17.1 Å².